The van der Waals surface area contributed by atoms with Crippen molar-refractivity contribution < 1.29 is 9.13 Å². The van der Waals surface area contributed by atoms with E-state index < -0.39 is 0 Å². The van der Waals surface area contributed by atoms with Gasteiger partial charge in [0.2, 0.25) is 0 Å². The predicted molar refractivity (Wildman–Crippen MR) is 72.5 cm³/mol. The maximum absolute atomic E-state index is 13.5. The van der Waals surface area contributed by atoms with Crippen molar-refractivity contribution in [3.8, 4) is 0 Å². The van der Waals surface area contributed by atoms with E-state index in [1.54, 1.807) is 25.3 Å². The number of benzene rings is 1. The lowest BCUT2D eigenvalue weighted by atomic mass is 10.2. The van der Waals surface area contributed by atoms with E-state index >= 15 is 0 Å². The van der Waals surface area contributed by atoms with Gasteiger partial charge < -0.3 is 15.4 Å². The topological polar surface area (TPSA) is 33.3 Å². The molecule has 2 N–H and O–H groups in total. The third-order valence-electron chi connectivity index (χ3n) is 2.54. The van der Waals surface area contributed by atoms with Gasteiger partial charge >= 0.3 is 0 Å². The van der Waals surface area contributed by atoms with E-state index in [-0.39, 0.29) is 10.8 Å². The highest BCUT2D eigenvalue weighted by atomic mass is 35.5. The van der Waals surface area contributed by atoms with E-state index in [2.05, 4.69) is 10.6 Å². The molecular weight excluding hydrogens is 255 g/mol. The van der Waals surface area contributed by atoms with Gasteiger partial charge in [-0.15, -0.1) is 0 Å². The zero-order chi connectivity index (χ0) is 13.2. The second kappa shape index (κ2) is 9.28. The largest absolute Gasteiger partial charge is 0.383 e. The highest BCUT2D eigenvalue weighted by Crippen LogP contribution is 2.17. The molecule has 0 saturated heterocycles. The van der Waals surface area contributed by atoms with Crippen LogP contribution in [-0.2, 0) is 11.3 Å². The summed E-state index contributed by atoms with van der Waals surface area (Å²) >= 11 is 5.70. The zero-order valence-electron chi connectivity index (χ0n) is 10.6. The Kier molecular flexibility index (Phi) is 7.93. The lowest BCUT2D eigenvalue weighted by Gasteiger charge is -2.07. The lowest BCUT2D eigenvalue weighted by Crippen LogP contribution is -2.24. The molecule has 1 rings (SSSR count). The van der Waals surface area contributed by atoms with Crippen molar-refractivity contribution in [1.82, 2.24) is 10.6 Å². The first kappa shape index (κ1) is 15.4. The first-order valence-electron chi connectivity index (χ1n) is 6.09. The molecule has 0 aromatic heterocycles. The molecule has 0 aliphatic carbocycles. The van der Waals surface area contributed by atoms with E-state index in [0.717, 1.165) is 32.7 Å². The summed E-state index contributed by atoms with van der Waals surface area (Å²) in [4.78, 5) is 0. The summed E-state index contributed by atoms with van der Waals surface area (Å²) in [5, 5.41) is 6.61. The molecule has 0 heterocycles. The van der Waals surface area contributed by atoms with E-state index in [4.69, 9.17) is 16.3 Å². The van der Waals surface area contributed by atoms with Crippen LogP contribution in [0.15, 0.2) is 18.2 Å². The van der Waals surface area contributed by atoms with Crippen LogP contribution in [0.25, 0.3) is 0 Å². The minimum Gasteiger partial charge on any atom is -0.383 e. The Hall–Kier alpha value is -0.680. The molecule has 18 heavy (non-hydrogen) atoms. The first-order valence-corrected chi connectivity index (χ1v) is 6.46. The Labute approximate surface area is 113 Å². The standard InChI is InChI=1S/C13H20ClFN2O/c1-18-9-8-16-6-3-7-17-10-11-4-2-5-12(14)13(11)15/h2,4-5,16-17H,3,6-10H2,1H3. The van der Waals surface area contributed by atoms with Crippen LogP contribution < -0.4 is 10.6 Å². The van der Waals surface area contributed by atoms with Crippen LogP contribution in [0.5, 0.6) is 0 Å². The van der Waals surface area contributed by atoms with Gasteiger partial charge in [0, 0.05) is 25.8 Å². The van der Waals surface area contributed by atoms with Crippen molar-refractivity contribution in [2.24, 2.45) is 0 Å². The van der Waals surface area contributed by atoms with Gasteiger partial charge in [0.25, 0.3) is 0 Å². The second-order valence-corrected chi connectivity index (χ2v) is 4.39. The molecule has 102 valence electrons. The molecular formula is C13H20ClFN2O. The quantitative estimate of drug-likeness (QED) is 0.678. The molecule has 1 aromatic carbocycles. The van der Waals surface area contributed by atoms with Gasteiger partial charge in [-0.05, 0) is 25.6 Å². The third kappa shape index (κ3) is 5.78. The van der Waals surface area contributed by atoms with E-state index in [9.17, 15) is 4.39 Å². The minimum absolute atomic E-state index is 0.176. The summed E-state index contributed by atoms with van der Waals surface area (Å²) in [5.74, 6) is -0.329. The summed E-state index contributed by atoms with van der Waals surface area (Å²) < 4.78 is 18.4. The fourth-order valence-electron chi connectivity index (χ4n) is 1.55. The molecule has 0 fully saturated rings. The summed E-state index contributed by atoms with van der Waals surface area (Å²) in [5.41, 5.74) is 0.606. The average Bonchev–Trinajstić information content (AvgIpc) is 2.37. The third-order valence-corrected chi connectivity index (χ3v) is 2.83. The monoisotopic (exact) mass is 274 g/mol. The average molecular weight is 275 g/mol. The van der Waals surface area contributed by atoms with Crippen LogP contribution in [0.1, 0.15) is 12.0 Å². The fraction of sp³-hybridized carbons (Fsp3) is 0.538. The van der Waals surface area contributed by atoms with Crippen LogP contribution in [0.3, 0.4) is 0 Å². The first-order chi connectivity index (χ1) is 8.75. The van der Waals surface area contributed by atoms with Crippen molar-refractivity contribution in [3.05, 3.63) is 34.6 Å². The highest BCUT2D eigenvalue weighted by molar-refractivity contribution is 6.30. The Morgan fingerprint density at radius 1 is 1.22 bits per heavy atom. The molecule has 0 radical (unpaired) electrons. The smallest absolute Gasteiger partial charge is 0.146 e. The molecule has 0 saturated carbocycles. The Morgan fingerprint density at radius 3 is 2.78 bits per heavy atom. The van der Waals surface area contributed by atoms with E-state index in [0.29, 0.717) is 12.1 Å². The van der Waals surface area contributed by atoms with Gasteiger partial charge in [0.15, 0.2) is 0 Å². The molecule has 0 atom stereocenters. The van der Waals surface area contributed by atoms with Crippen molar-refractivity contribution in [2.75, 3.05) is 33.4 Å². The summed E-state index contributed by atoms with van der Waals surface area (Å²) in [6.07, 6.45) is 0.992. The molecule has 0 aliphatic rings. The van der Waals surface area contributed by atoms with E-state index in [1.165, 1.54) is 0 Å². The Bertz CT molecular complexity index is 350. The van der Waals surface area contributed by atoms with Crippen LogP contribution in [0.2, 0.25) is 5.02 Å². The van der Waals surface area contributed by atoms with Crippen LogP contribution in [-0.4, -0.2) is 33.4 Å². The number of nitrogens with one attached hydrogen (secondary N) is 2. The van der Waals surface area contributed by atoms with Crippen LogP contribution >= 0.6 is 11.6 Å². The van der Waals surface area contributed by atoms with Crippen molar-refractivity contribution >= 4 is 11.6 Å². The van der Waals surface area contributed by atoms with Crippen molar-refractivity contribution in [3.63, 3.8) is 0 Å². The second-order valence-electron chi connectivity index (χ2n) is 3.99. The van der Waals surface area contributed by atoms with Crippen LogP contribution in [0.4, 0.5) is 4.39 Å². The Morgan fingerprint density at radius 2 is 2.00 bits per heavy atom. The van der Waals surface area contributed by atoms with Crippen LogP contribution in [0, 0.1) is 5.82 Å². The molecule has 0 spiro atoms. The normalized spacial score (nSPS) is 10.8. The number of ether oxygens (including phenoxy) is 1. The summed E-state index contributed by atoms with van der Waals surface area (Å²) in [6.45, 7) is 3.85. The maximum atomic E-state index is 13.5. The maximum Gasteiger partial charge on any atom is 0.146 e. The van der Waals surface area contributed by atoms with Crippen molar-refractivity contribution in [2.45, 2.75) is 13.0 Å². The molecule has 0 bridgehead atoms. The van der Waals surface area contributed by atoms with Gasteiger partial charge in [0.05, 0.1) is 11.6 Å². The summed E-state index contributed by atoms with van der Waals surface area (Å²) in [7, 11) is 1.68. The van der Waals surface area contributed by atoms with Gasteiger partial charge in [0.1, 0.15) is 5.82 Å². The zero-order valence-corrected chi connectivity index (χ0v) is 11.4. The van der Waals surface area contributed by atoms with Gasteiger partial charge in [-0.1, -0.05) is 23.7 Å². The lowest BCUT2D eigenvalue weighted by molar-refractivity contribution is 0.199. The van der Waals surface area contributed by atoms with Gasteiger partial charge in [-0.25, -0.2) is 4.39 Å². The number of hydrogen-bond acceptors (Lipinski definition) is 3. The van der Waals surface area contributed by atoms with Crippen molar-refractivity contribution in [1.29, 1.82) is 0 Å². The molecule has 0 amide bonds. The fourth-order valence-corrected chi connectivity index (χ4v) is 1.74. The van der Waals surface area contributed by atoms with Gasteiger partial charge in [-0.3, -0.25) is 0 Å². The molecule has 3 nitrogen and oxygen atoms in total. The Balaban J connectivity index is 2.09. The number of hydrogen-bond donors (Lipinski definition) is 2. The minimum atomic E-state index is -0.329. The molecule has 5 heteroatoms. The molecule has 1 aromatic rings. The number of halogens is 2. The number of methoxy groups -OCH3 is 1. The molecule has 0 aliphatic heterocycles. The SMILES string of the molecule is COCCNCCCNCc1cccc(Cl)c1F. The summed E-state index contributed by atoms with van der Waals surface area (Å²) in [6, 6.07) is 5.06. The highest BCUT2D eigenvalue weighted by Gasteiger charge is 2.04. The van der Waals surface area contributed by atoms with Gasteiger partial charge in [-0.2, -0.15) is 0 Å². The predicted octanol–water partition coefficient (Wildman–Crippen LogP) is 2.19. The molecule has 0 unspecified atom stereocenters. The number of rotatable bonds is 9. The van der Waals surface area contributed by atoms with E-state index in [1.807, 2.05) is 0 Å².